The fraction of sp³-hybridized carbons (Fsp3) is 0.500. The molecule has 4 nitrogen and oxygen atoms in total. The Labute approximate surface area is 112 Å². The minimum absolute atomic E-state index is 0.210. The van der Waals surface area contributed by atoms with Gasteiger partial charge in [0.1, 0.15) is 5.82 Å². The number of rotatable bonds is 9. The van der Waals surface area contributed by atoms with Crippen LogP contribution in [0.5, 0.6) is 0 Å². The minimum Gasteiger partial charge on any atom is -0.385 e. The first-order valence-electron chi connectivity index (χ1n) is 6.11. The van der Waals surface area contributed by atoms with Crippen LogP contribution in [0.25, 0.3) is 0 Å². The quantitative estimate of drug-likeness (QED) is 0.644. The summed E-state index contributed by atoms with van der Waals surface area (Å²) in [5.41, 5.74) is 0.990. The van der Waals surface area contributed by atoms with Crippen molar-refractivity contribution in [2.45, 2.75) is 13.0 Å². The van der Waals surface area contributed by atoms with Crippen LogP contribution in [0.3, 0.4) is 0 Å². The molecule has 0 fully saturated rings. The summed E-state index contributed by atoms with van der Waals surface area (Å²) in [5, 5.41) is 8.87. The van der Waals surface area contributed by atoms with Gasteiger partial charge < -0.3 is 14.2 Å². The summed E-state index contributed by atoms with van der Waals surface area (Å²) in [6, 6.07) is 6.04. The van der Waals surface area contributed by atoms with Crippen molar-refractivity contribution in [3.63, 3.8) is 0 Å². The molecule has 1 aromatic rings. The molecule has 19 heavy (non-hydrogen) atoms. The second-order valence-corrected chi connectivity index (χ2v) is 3.92. The van der Waals surface area contributed by atoms with E-state index in [1.54, 1.807) is 7.11 Å². The van der Waals surface area contributed by atoms with Crippen LogP contribution in [0, 0.1) is 17.1 Å². The van der Waals surface area contributed by atoms with Crippen LogP contribution < -0.4 is 0 Å². The third-order valence-corrected chi connectivity index (χ3v) is 2.45. The van der Waals surface area contributed by atoms with Gasteiger partial charge in [-0.05, 0) is 30.2 Å². The first-order chi connectivity index (χ1) is 9.27. The van der Waals surface area contributed by atoms with E-state index >= 15 is 0 Å². The molecule has 0 saturated heterocycles. The van der Waals surface area contributed by atoms with Gasteiger partial charge in [0.2, 0.25) is 0 Å². The molecule has 0 aliphatic carbocycles. The van der Waals surface area contributed by atoms with Crippen molar-refractivity contribution in [3.05, 3.63) is 35.1 Å². The van der Waals surface area contributed by atoms with Crippen LogP contribution in [-0.2, 0) is 20.8 Å². The molecule has 0 N–H and O–H groups in total. The van der Waals surface area contributed by atoms with E-state index in [0.717, 1.165) is 6.42 Å². The van der Waals surface area contributed by atoms with Crippen molar-refractivity contribution in [1.29, 1.82) is 5.26 Å². The molecule has 1 aromatic carbocycles. The van der Waals surface area contributed by atoms with Crippen molar-refractivity contribution < 1.29 is 18.6 Å². The van der Waals surface area contributed by atoms with Gasteiger partial charge in [0.15, 0.2) is 0 Å². The lowest BCUT2D eigenvalue weighted by Crippen LogP contribution is -2.07. The number of halogens is 1. The number of methoxy groups -OCH3 is 1. The molecule has 0 aromatic heterocycles. The maximum absolute atomic E-state index is 13.0. The third kappa shape index (κ3) is 6.30. The van der Waals surface area contributed by atoms with Gasteiger partial charge in [-0.25, -0.2) is 4.39 Å². The van der Waals surface area contributed by atoms with Crippen LogP contribution >= 0.6 is 0 Å². The molecule has 0 aliphatic heterocycles. The fourth-order valence-electron chi connectivity index (χ4n) is 1.50. The number of hydrogen-bond donors (Lipinski definition) is 0. The van der Waals surface area contributed by atoms with Gasteiger partial charge >= 0.3 is 0 Å². The molecule has 5 heteroatoms. The zero-order valence-corrected chi connectivity index (χ0v) is 11.0. The van der Waals surface area contributed by atoms with Crippen molar-refractivity contribution in [2.75, 3.05) is 33.5 Å². The maximum atomic E-state index is 13.0. The Balaban J connectivity index is 2.19. The summed E-state index contributed by atoms with van der Waals surface area (Å²) >= 11 is 0. The summed E-state index contributed by atoms with van der Waals surface area (Å²) in [5.74, 6) is -0.367. The van der Waals surface area contributed by atoms with E-state index in [4.69, 9.17) is 19.5 Å². The zero-order chi connectivity index (χ0) is 13.9. The van der Waals surface area contributed by atoms with Crippen molar-refractivity contribution in [3.8, 4) is 6.07 Å². The van der Waals surface area contributed by atoms with E-state index < -0.39 is 0 Å². The second-order valence-electron chi connectivity index (χ2n) is 3.92. The summed E-state index contributed by atoms with van der Waals surface area (Å²) in [6.07, 6.45) is 0.846. The third-order valence-electron chi connectivity index (χ3n) is 2.45. The summed E-state index contributed by atoms with van der Waals surface area (Å²) < 4.78 is 28.6. The smallest absolute Gasteiger partial charge is 0.123 e. The van der Waals surface area contributed by atoms with E-state index in [1.165, 1.54) is 18.2 Å². The van der Waals surface area contributed by atoms with Crippen LogP contribution in [0.1, 0.15) is 17.5 Å². The standard InChI is InChI=1S/C14H18FNO3/c1-17-5-2-6-18-7-8-19-11-13-9-14(15)4-3-12(13)10-16/h3-4,9H,2,5-8,11H2,1H3. The Morgan fingerprint density at radius 2 is 1.95 bits per heavy atom. The Morgan fingerprint density at radius 1 is 1.16 bits per heavy atom. The number of benzene rings is 1. The first kappa shape index (κ1) is 15.6. The Morgan fingerprint density at radius 3 is 2.68 bits per heavy atom. The molecule has 0 saturated carbocycles. The average Bonchev–Trinajstić information content (AvgIpc) is 2.42. The lowest BCUT2D eigenvalue weighted by Gasteiger charge is -2.07. The predicted octanol–water partition coefficient (Wildman–Crippen LogP) is 2.27. The van der Waals surface area contributed by atoms with Gasteiger partial charge in [0, 0.05) is 20.3 Å². The van der Waals surface area contributed by atoms with Crippen molar-refractivity contribution >= 4 is 0 Å². The lowest BCUT2D eigenvalue weighted by molar-refractivity contribution is 0.0335. The molecule has 0 radical (unpaired) electrons. The van der Waals surface area contributed by atoms with Crippen LogP contribution in [0.2, 0.25) is 0 Å². The van der Waals surface area contributed by atoms with Gasteiger partial charge in [-0.1, -0.05) is 0 Å². The highest BCUT2D eigenvalue weighted by Gasteiger charge is 2.03. The molecule has 0 bridgehead atoms. The van der Waals surface area contributed by atoms with E-state index in [2.05, 4.69) is 0 Å². The topological polar surface area (TPSA) is 51.5 Å². The van der Waals surface area contributed by atoms with E-state index in [1.807, 2.05) is 6.07 Å². The lowest BCUT2D eigenvalue weighted by atomic mass is 10.1. The number of ether oxygens (including phenoxy) is 3. The summed E-state index contributed by atoms with van der Waals surface area (Å²) in [7, 11) is 1.65. The molecule has 0 amide bonds. The highest BCUT2D eigenvalue weighted by molar-refractivity contribution is 5.37. The molecular formula is C14H18FNO3. The summed E-state index contributed by atoms with van der Waals surface area (Å²) in [6.45, 7) is 2.40. The van der Waals surface area contributed by atoms with Crippen LogP contribution in [-0.4, -0.2) is 33.5 Å². The fourth-order valence-corrected chi connectivity index (χ4v) is 1.50. The van der Waals surface area contributed by atoms with E-state index in [9.17, 15) is 4.39 Å². The van der Waals surface area contributed by atoms with E-state index in [-0.39, 0.29) is 12.4 Å². The number of nitriles is 1. The molecule has 0 atom stereocenters. The summed E-state index contributed by atoms with van der Waals surface area (Å²) in [4.78, 5) is 0. The SMILES string of the molecule is COCCCOCCOCc1cc(F)ccc1C#N. The van der Waals surface area contributed by atoms with Crippen LogP contribution in [0.15, 0.2) is 18.2 Å². The normalized spacial score (nSPS) is 10.4. The van der Waals surface area contributed by atoms with Crippen molar-refractivity contribution in [2.24, 2.45) is 0 Å². The van der Waals surface area contributed by atoms with Gasteiger partial charge in [-0.15, -0.1) is 0 Å². The predicted molar refractivity (Wildman–Crippen MR) is 68.1 cm³/mol. The number of nitrogens with zero attached hydrogens (tertiary/aromatic N) is 1. The molecule has 0 heterocycles. The van der Waals surface area contributed by atoms with E-state index in [0.29, 0.717) is 37.6 Å². The Hall–Kier alpha value is -1.48. The highest BCUT2D eigenvalue weighted by Crippen LogP contribution is 2.11. The molecule has 0 unspecified atom stereocenters. The molecule has 104 valence electrons. The van der Waals surface area contributed by atoms with Crippen LogP contribution in [0.4, 0.5) is 4.39 Å². The second kappa shape index (κ2) is 9.45. The highest BCUT2D eigenvalue weighted by atomic mass is 19.1. The minimum atomic E-state index is -0.367. The van der Waals surface area contributed by atoms with Gasteiger partial charge in [0.25, 0.3) is 0 Å². The van der Waals surface area contributed by atoms with Crippen molar-refractivity contribution in [1.82, 2.24) is 0 Å². The molecule has 1 rings (SSSR count). The Bertz CT molecular complexity index is 418. The monoisotopic (exact) mass is 267 g/mol. The van der Waals surface area contributed by atoms with Gasteiger partial charge in [-0.2, -0.15) is 5.26 Å². The van der Waals surface area contributed by atoms with Gasteiger partial charge in [-0.3, -0.25) is 0 Å². The Kier molecular flexibility index (Phi) is 7.75. The van der Waals surface area contributed by atoms with Gasteiger partial charge in [0.05, 0.1) is 31.5 Å². The largest absolute Gasteiger partial charge is 0.385 e. The molecule has 0 aliphatic rings. The average molecular weight is 267 g/mol. The molecular weight excluding hydrogens is 249 g/mol. The number of hydrogen-bond acceptors (Lipinski definition) is 4. The molecule has 0 spiro atoms. The maximum Gasteiger partial charge on any atom is 0.123 e. The first-order valence-corrected chi connectivity index (χ1v) is 6.11. The zero-order valence-electron chi connectivity index (χ0n) is 11.0.